The van der Waals surface area contributed by atoms with Gasteiger partial charge in [0.15, 0.2) is 5.13 Å². The first-order valence-electron chi connectivity index (χ1n) is 15.9. The molecule has 1 amide bonds. The van der Waals surface area contributed by atoms with Crippen LogP contribution in [0.15, 0.2) is 53.7 Å². The van der Waals surface area contributed by atoms with Gasteiger partial charge in [0.25, 0.3) is 0 Å². The Hall–Kier alpha value is -2.70. The molecular weight excluding hydrogens is 382 g/mol. The van der Waals surface area contributed by atoms with Gasteiger partial charge in [0, 0.05) is 19.3 Å². The molecule has 1 atom stereocenters. The summed E-state index contributed by atoms with van der Waals surface area (Å²) in [4.78, 5) is 16.4. The third-order valence-electron chi connectivity index (χ3n) is 3.38. The SMILES string of the molecule is [2H]c1sc(N)nc1C([2H])([2H])C(=O)Nc1c([2H])c([2H])c(C([2H])([2H])CCC([2H])([2H])[C@H](O)c2c([2H])c([2H])c(C)c([2H])c2[2H])c([2H])c1[2H]. The van der Waals surface area contributed by atoms with Crippen LogP contribution in [0.2, 0.25) is 0 Å². The number of thiazole rings is 1. The maximum absolute atomic E-state index is 12.8. The molecule has 0 saturated heterocycles. The van der Waals surface area contributed by atoms with Crippen molar-refractivity contribution < 1.29 is 30.5 Å². The Morgan fingerprint density at radius 2 is 1.97 bits per heavy atom. The largest absolute Gasteiger partial charge is 0.388 e. The van der Waals surface area contributed by atoms with E-state index in [9.17, 15) is 9.90 Å². The Balaban J connectivity index is 1.94. The Labute approximate surface area is 196 Å². The first-order chi connectivity index (χ1) is 20.0. The normalized spacial score (nSPS) is 20.8. The molecule has 0 spiro atoms. The summed E-state index contributed by atoms with van der Waals surface area (Å²) in [5.41, 5.74) is 2.62. The van der Waals surface area contributed by atoms with E-state index in [-0.39, 0.29) is 10.7 Å². The van der Waals surface area contributed by atoms with Crippen LogP contribution in [0.5, 0.6) is 0 Å². The fourth-order valence-corrected chi connectivity index (χ4v) is 2.48. The van der Waals surface area contributed by atoms with E-state index >= 15 is 0 Å². The van der Waals surface area contributed by atoms with Crippen molar-refractivity contribution in [3.05, 3.63) is 76.1 Å². The molecular formula is C23H27N3O2S. The standard InChI is InChI=1S/C23H27N3O2S/c1-16-6-10-18(11-7-16)21(27)5-3-2-4-17-8-12-19(13-9-17)25-22(28)14-20-15-29-23(24)26-20/h6-13,15,21,27H,2-5,14H2,1H3,(H2,24,26)(H,25,28)/t21-/m0/s1/i4D2,5D2,6D,7D,8D,9D,10D,11D,12D,13D,14D2,15D. The fourth-order valence-electron chi connectivity index (χ4n) is 2.05. The van der Waals surface area contributed by atoms with Crippen molar-refractivity contribution in [2.45, 2.75) is 45.0 Å². The molecule has 4 N–H and O–H groups in total. The van der Waals surface area contributed by atoms with Crippen LogP contribution in [0.25, 0.3) is 0 Å². The summed E-state index contributed by atoms with van der Waals surface area (Å²) >= 11 is 0.605. The summed E-state index contributed by atoms with van der Waals surface area (Å²) in [6, 6.07) is -6.08. The van der Waals surface area contributed by atoms with Gasteiger partial charge in [-0.05, 0) is 49.3 Å². The number of carbonyl (C=O) groups is 1. The number of benzene rings is 2. The van der Waals surface area contributed by atoms with Gasteiger partial charge in [-0.2, -0.15) is 0 Å². The van der Waals surface area contributed by atoms with Crippen molar-refractivity contribution in [3.63, 3.8) is 0 Å². The summed E-state index contributed by atoms with van der Waals surface area (Å²) in [7, 11) is 0. The monoisotopic (exact) mass is 424 g/mol. The predicted molar refractivity (Wildman–Crippen MR) is 119 cm³/mol. The Kier molecular flexibility index (Phi) is 3.15. The molecule has 1 heterocycles. The quantitative estimate of drug-likeness (QED) is 0.466. The second-order valence-corrected chi connectivity index (χ2v) is 6.48. The number of hydrogen-bond donors (Lipinski definition) is 3. The molecule has 0 aliphatic heterocycles. The van der Waals surface area contributed by atoms with E-state index in [0.717, 1.165) is 0 Å². The lowest BCUT2D eigenvalue weighted by molar-refractivity contribution is -0.115. The molecule has 0 radical (unpaired) electrons. The number of anilines is 2. The number of nitrogen functional groups attached to an aromatic ring is 1. The van der Waals surface area contributed by atoms with E-state index in [1.165, 1.54) is 6.92 Å². The molecule has 3 aromatic rings. The van der Waals surface area contributed by atoms with E-state index in [1.807, 2.05) is 5.32 Å². The van der Waals surface area contributed by atoms with Crippen molar-refractivity contribution in [2.24, 2.45) is 0 Å². The lowest BCUT2D eigenvalue weighted by Crippen LogP contribution is -2.14. The van der Waals surface area contributed by atoms with Gasteiger partial charge in [0.05, 0.1) is 30.5 Å². The van der Waals surface area contributed by atoms with Crippen LogP contribution in [-0.4, -0.2) is 16.0 Å². The number of aliphatic hydroxyl groups excluding tert-OH is 1. The van der Waals surface area contributed by atoms with Crippen LogP contribution < -0.4 is 11.1 Å². The maximum Gasteiger partial charge on any atom is 0.230 e. The third kappa shape index (κ3) is 6.69. The van der Waals surface area contributed by atoms with Crippen molar-refractivity contribution in [1.29, 1.82) is 0 Å². The van der Waals surface area contributed by atoms with E-state index in [1.54, 1.807) is 0 Å². The highest BCUT2D eigenvalue weighted by atomic mass is 32.1. The highest BCUT2D eigenvalue weighted by Gasteiger charge is 2.08. The Morgan fingerprint density at radius 1 is 1.24 bits per heavy atom. The van der Waals surface area contributed by atoms with Crippen LogP contribution in [0.3, 0.4) is 0 Å². The van der Waals surface area contributed by atoms with Gasteiger partial charge in [0.2, 0.25) is 5.91 Å². The zero-order valence-corrected chi connectivity index (χ0v) is 16.1. The lowest BCUT2D eigenvalue weighted by atomic mass is 10.0. The van der Waals surface area contributed by atoms with Crippen LogP contribution in [0, 0.1) is 6.92 Å². The fraction of sp³-hybridized carbons (Fsp3) is 0.304. The van der Waals surface area contributed by atoms with E-state index in [4.69, 9.17) is 26.3 Å². The number of nitrogens with zero attached hydrogens (tertiary/aromatic N) is 1. The number of aromatic nitrogens is 1. The Morgan fingerprint density at radius 3 is 2.62 bits per heavy atom. The number of carbonyl (C=O) groups excluding carboxylic acids is 1. The highest BCUT2D eigenvalue weighted by Crippen LogP contribution is 2.21. The molecule has 2 aromatic carbocycles. The summed E-state index contributed by atoms with van der Waals surface area (Å²) in [5, 5.41) is 12.1. The zero-order valence-electron chi connectivity index (χ0n) is 30.3. The van der Waals surface area contributed by atoms with Gasteiger partial charge in [-0.3, -0.25) is 4.79 Å². The molecule has 6 heteroatoms. The molecule has 5 nitrogen and oxygen atoms in total. The second kappa shape index (κ2) is 10.2. The van der Waals surface area contributed by atoms with E-state index in [2.05, 4.69) is 4.98 Å². The van der Waals surface area contributed by atoms with Gasteiger partial charge in [-0.25, -0.2) is 4.98 Å². The second-order valence-electron chi connectivity index (χ2n) is 5.65. The van der Waals surface area contributed by atoms with Gasteiger partial charge < -0.3 is 16.2 Å². The highest BCUT2D eigenvalue weighted by molar-refractivity contribution is 7.13. The number of rotatable bonds is 9. The molecule has 0 fully saturated rings. The minimum Gasteiger partial charge on any atom is -0.388 e. The molecule has 3 rings (SSSR count). The number of nitrogens with two attached hydrogens (primary N) is 1. The van der Waals surface area contributed by atoms with E-state index in [0.29, 0.717) is 11.3 Å². The average molecular weight is 425 g/mol. The summed E-state index contributed by atoms with van der Waals surface area (Å²) < 4.78 is 123. The number of amides is 1. The topological polar surface area (TPSA) is 88.2 Å². The van der Waals surface area contributed by atoms with Crippen molar-refractivity contribution in [2.75, 3.05) is 11.1 Å². The smallest absolute Gasteiger partial charge is 0.230 e. The van der Waals surface area contributed by atoms with Gasteiger partial charge in [0.1, 0.15) is 0 Å². The third-order valence-corrected chi connectivity index (χ3v) is 3.97. The van der Waals surface area contributed by atoms with Crippen molar-refractivity contribution in [3.8, 4) is 0 Å². The summed E-state index contributed by atoms with van der Waals surface area (Å²) in [6.07, 6.45) is -12.3. The van der Waals surface area contributed by atoms with E-state index < -0.39 is 120 Å². The molecule has 0 saturated carbocycles. The minimum absolute atomic E-state index is 0.0130. The summed E-state index contributed by atoms with van der Waals surface area (Å²) in [6.45, 7) is 1.33. The van der Waals surface area contributed by atoms with Crippen molar-refractivity contribution in [1.82, 2.24) is 4.98 Å². The van der Waals surface area contributed by atoms with Crippen LogP contribution in [0.1, 0.15) is 68.3 Å². The zero-order chi connectivity index (χ0) is 33.9. The summed E-state index contributed by atoms with van der Waals surface area (Å²) in [5.74, 6) is -1.49. The first kappa shape index (κ1) is 8.98. The molecule has 1 aromatic heterocycles. The van der Waals surface area contributed by atoms with Gasteiger partial charge in [-0.1, -0.05) is 48.2 Å². The maximum atomic E-state index is 12.8. The Bertz CT molecular complexity index is 1590. The molecule has 152 valence electrons. The lowest BCUT2D eigenvalue weighted by Gasteiger charge is -2.11. The molecule has 0 unspecified atom stereocenters. The first-order valence-corrected chi connectivity index (χ1v) is 9.21. The molecule has 0 aliphatic rings. The molecule has 29 heavy (non-hydrogen) atoms. The average Bonchev–Trinajstić information content (AvgIpc) is 3.29. The molecule has 0 bridgehead atoms. The van der Waals surface area contributed by atoms with Crippen LogP contribution in [0.4, 0.5) is 10.8 Å². The predicted octanol–water partition coefficient (Wildman–Crippen LogP) is 4.66. The van der Waals surface area contributed by atoms with Gasteiger partial charge in [-0.15, -0.1) is 11.3 Å². The number of aliphatic hydroxyl groups is 1. The number of hydrogen-bond acceptors (Lipinski definition) is 5. The minimum atomic E-state index is -2.97. The molecule has 0 aliphatic carbocycles. The number of nitrogens with one attached hydrogen (secondary N) is 1. The van der Waals surface area contributed by atoms with Crippen molar-refractivity contribution >= 4 is 28.1 Å². The van der Waals surface area contributed by atoms with Crippen LogP contribution >= 0.6 is 11.3 Å². The van der Waals surface area contributed by atoms with Gasteiger partial charge >= 0.3 is 0 Å². The van der Waals surface area contributed by atoms with Crippen LogP contribution in [-0.2, 0) is 17.5 Å².